The van der Waals surface area contributed by atoms with Gasteiger partial charge >= 0.3 is 0 Å². The Balaban J connectivity index is 0.000000160. The lowest BCUT2D eigenvalue weighted by atomic mass is 10.2. The molecule has 1 nitrogen and oxygen atoms in total. The highest BCUT2D eigenvalue weighted by atomic mass is 16.1. The van der Waals surface area contributed by atoms with Gasteiger partial charge in [0.2, 0.25) is 0 Å². The average Bonchev–Trinajstić information content (AvgIpc) is 2.41. The lowest BCUT2D eigenvalue weighted by Gasteiger charge is -1.82. The van der Waals surface area contributed by atoms with Crippen LogP contribution in [0.4, 0.5) is 0 Å². The summed E-state index contributed by atoms with van der Waals surface area (Å²) in [7, 11) is 0. The zero-order valence-electron chi connectivity index (χ0n) is 8.84. The molecule has 78 valence electrons. The number of terminal acetylenes is 1. The molecule has 0 heterocycles. The molecule has 2 aromatic rings. The Bertz CT molecular complexity index is 452. The standard InChI is InChI=1S/C8H6.C7H6O/c1-2-8-6-4-3-5-7-8;8-6-7-4-2-1-3-5-7/h1,3-7H;1-6H. The van der Waals surface area contributed by atoms with Crippen LogP contribution in [0.2, 0.25) is 0 Å². The molecular weight excluding hydrogens is 196 g/mol. The van der Waals surface area contributed by atoms with E-state index in [1.165, 1.54) is 0 Å². The zero-order valence-corrected chi connectivity index (χ0v) is 8.84. The zero-order chi connectivity index (χ0) is 11.6. The summed E-state index contributed by atoms with van der Waals surface area (Å²) in [6.07, 6.45) is 5.93. The van der Waals surface area contributed by atoms with Crippen LogP contribution >= 0.6 is 0 Å². The van der Waals surface area contributed by atoms with E-state index in [2.05, 4.69) is 5.92 Å². The highest BCUT2D eigenvalue weighted by Gasteiger charge is 1.80. The fraction of sp³-hybridized carbons (Fsp3) is 0. The average molecular weight is 208 g/mol. The number of hydrogen-bond donors (Lipinski definition) is 0. The maximum atomic E-state index is 10.0. The highest BCUT2D eigenvalue weighted by Crippen LogP contribution is 1.93. The van der Waals surface area contributed by atoms with Crippen molar-refractivity contribution in [2.24, 2.45) is 0 Å². The van der Waals surface area contributed by atoms with Crippen LogP contribution in [0.15, 0.2) is 60.7 Å². The van der Waals surface area contributed by atoms with Gasteiger partial charge in [-0.2, -0.15) is 0 Å². The smallest absolute Gasteiger partial charge is 0.150 e. The molecule has 0 saturated carbocycles. The number of carbonyl (C=O) groups excluding carboxylic acids is 1. The molecule has 0 aliphatic rings. The summed E-state index contributed by atoms with van der Waals surface area (Å²) in [6.45, 7) is 0. The second-order valence-corrected chi connectivity index (χ2v) is 3.04. The molecule has 16 heavy (non-hydrogen) atoms. The van der Waals surface area contributed by atoms with Crippen LogP contribution in [-0.4, -0.2) is 6.29 Å². The van der Waals surface area contributed by atoms with Gasteiger partial charge in [-0.25, -0.2) is 0 Å². The minimum absolute atomic E-state index is 0.729. The third kappa shape index (κ3) is 4.26. The van der Waals surface area contributed by atoms with Crippen molar-refractivity contribution in [2.45, 2.75) is 0 Å². The molecule has 0 aliphatic heterocycles. The van der Waals surface area contributed by atoms with Gasteiger partial charge in [-0.1, -0.05) is 54.5 Å². The Labute approximate surface area is 95.7 Å². The van der Waals surface area contributed by atoms with E-state index in [0.29, 0.717) is 0 Å². The molecule has 0 fully saturated rings. The van der Waals surface area contributed by atoms with E-state index >= 15 is 0 Å². The van der Waals surface area contributed by atoms with E-state index in [9.17, 15) is 4.79 Å². The molecular formula is C15H12O. The minimum atomic E-state index is 0.729. The molecule has 1 heteroatoms. The molecule has 0 amide bonds. The fourth-order valence-electron chi connectivity index (χ4n) is 1.07. The number of aldehydes is 1. The van der Waals surface area contributed by atoms with Crippen molar-refractivity contribution >= 4 is 6.29 Å². The second kappa shape index (κ2) is 7.03. The number of hydrogen-bond acceptors (Lipinski definition) is 1. The van der Waals surface area contributed by atoms with Crippen molar-refractivity contribution in [1.82, 2.24) is 0 Å². The number of carbonyl (C=O) groups is 1. The summed E-state index contributed by atoms with van der Waals surface area (Å²) in [4.78, 5) is 10.0. The first-order valence-corrected chi connectivity index (χ1v) is 4.88. The van der Waals surface area contributed by atoms with Gasteiger partial charge in [0.15, 0.2) is 0 Å². The van der Waals surface area contributed by atoms with Crippen molar-refractivity contribution in [3.63, 3.8) is 0 Å². The topological polar surface area (TPSA) is 17.1 Å². The highest BCUT2D eigenvalue weighted by molar-refractivity contribution is 5.74. The van der Waals surface area contributed by atoms with Crippen molar-refractivity contribution in [3.8, 4) is 12.3 Å². The Morgan fingerprint density at radius 2 is 1.38 bits per heavy atom. The molecule has 2 aromatic carbocycles. The van der Waals surface area contributed by atoms with E-state index in [1.54, 1.807) is 12.1 Å². The Hall–Kier alpha value is -2.33. The molecule has 0 N–H and O–H groups in total. The van der Waals surface area contributed by atoms with Crippen molar-refractivity contribution in [3.05, 3.63) is 71.8 Å². The van der Waals surface area contributed by atoms with Gasteiger partial charge in [-0.15, -0.1) is 6.42 Å². The second-order valence-electron chi connectivity index (χ2n) is 3.04. The van der Waals surface area contributed by atoms with Crippen LogP contribution in [0.5, 0.6) is 0 Å². The summed E-state index contributed by atoms with van der Waals surface area (Å²) in [6, 6.07) is 18.7. The fourth-order valence-corrected chi connectivity index (χ4v) is 1.07. The van der Waals surface area contributed by atoms with E-state index in [1.807, 2.05) is 48.5 Å². The molecule has 0 aromatic heterocycles. The van der Waals surface area contributed by atoms with Gasteiger partial charge in [0, 0.05) is 11.1 Å². The van der Waals surface area contributed by atoms with Crippen LogP contribution < -0.4 is 0 Å². The molecule has 0 spiro atoms. The molecule has 0 aliphatic carbocycles. The molecule has 0 saturated heterocycles. The summed E-state index contributed by atoms with van der Waals surface area (Å²) >= 11 is 0. The number of rotatable bonds is 1. The monoisotopic (exact) mass is 208 g/mol. The van der Waals surface area contributed by atoms with Crippen molar-refractivity contribution < 1.29 is 4.79 Å². The third-order valence-electron chi connectivity index (χ3n) is 1.88. The van der Waals surface area contributed by atoms with E-state index < -0.39 is 0 Å². The maximum absolute atomic E-state index is 10.0. The Kier molecular flexibility index (Phi) is 5.16. The van der Waals surface area contributed by atoms with E-state index in [0.717, 1.165) is 17.4 Å². The molecule has 0 radical (unpaired) electrons. The maximum Gasteiger partial charge on any atom is 0.150 e. The van der Waals surface area contributed by atoms with Crippen LogP contribution in [0.3, 0.4) is 0 Å². The third-order valence-corrected chi connectivity index (χ3v) is 1.88. The predicted octanol–water partition coefficient (Wildman–Crippen LogP) is 3.17. The Morgan fingerprint density at radius 3 is 1.69 bits per heavy atom. The van der Waals surface area contributed by atoms with E-state index in [-0.39, 0.29) is 0 Å². The largest absolute Gasteiger partial charge is 0.298 e. The Morgan fingerprint density at radius 1 is 0.875 bits per heavy atom. The van der Waals surface area contributed by atoms with Gasteiger partial charge in [0.25, 0.3) is 0 Å². The van der Waals surface area contributed by atoms with Crippen LogP contribution in [0.1, 0.15) is 15.9 Å². The lowest BCUT2D eigenvalue weighted by molar-refractivity contribution is 0.112. The van der Waals surface area contributed by atoms with Crippen molar-refractivity contribution in [1.29, 1.82) is 0 Å². The summed E-state index contributed by atoms with van der Waals surface area (Å²) < 4.78 is 0. The molecule has 2 rings (SSSR count). The predicted molar refractivity (Wildman–Crippen MR) is 66.2 cm³/mol. The summed E-state index contributed by atoms with van der Waals surface area (Å²) in [5.41, 5.74) is 1.67. The first-order chi connectivity index (χ1) is 7.86. The molecule has 0 bridgehead atoms. The SMILES string of the molecule is C#Cc1ccccc1.O=Cc1ccccc1. The van der Waals surface area contributed by atoms with Gasteiger partial charge in [0.1, 0.15) is 6.29 Å². The van der Waals surface area contributed by atoms with Gasteiger partial charge in [-0.05, 0) is 12.1 Å². The van der Waals surface area contributed by atoms with Crippen molar-refractivity contribution in [2.75, 3.05) is 0 Å². The van der Waals surface area contributed by atoms with Gasteiger partial charge < -0.3 is 0 Å². The summed E-state index contributed by atoms with van der Waals surface area (Å²) in [5, 5.41) is 0. The summed E-state index contributed by atoms with van der Waals surface area (Å²) in [5.74, 6) is 2.53. The van der Waals surface area contributed by atoms with Crippen LogP contribution in [-0.2, 0) is 0 Å². The minimum Gasteiger partial charge on any atom is -0.298 e. The quantitative estimate of drug-likeness (QED) is 0.519. The van der Waals surface area contributed by atoms with Gasteiger partial charge in [0.05, 0.1) is 0 Å². The first-order valence-electron chi connectivity index (χ1n) is 4.88. The number of benzene rings is 2. The molecule has 0 unspecified atom stereocenters. The van der Waals surface area contributed by atoms with E-state index in [4.69, 9.17) is 6.42 Å². The molecule has 0 atom stereocenters. The lowest BCUT2D eigenvalue weighted by Crippen LogP contribution is -1.73. The van der Waals surface area contributed by atoms with Gasteiger partial charge in [-0.3, -0.25) is 4.79 Å². The van der Waals surface area contributed by atoms with Crippen LogP contribution in [0, 0.1) is 12.3 Å². The van der Waals surface area contributed by atoms with Crippen LogP contribution in [0.25, 0.3) is 0 Å². The normalized spacial score (nSPS) is 8.19. The first kappa shape index (κ1) is 11.7.